The summed E-state index contributed by atoms with van der Waals surface area (Å²) in [6.45, 7) is 0. The highest BCUT2D eigenvalue weighted by molar-refractivity contribution is 5.76. The van der Waals surface area contributed by atoms with Gasteiger partial charge in [-0.15, -0.1) is 0 Å². The summed E-state index contributed by atoms with van der Waals surface area (Å²) in [5.41, 5.74) is 2.99. The third-order valence-corrected chi connectivity index (χ3v) is 4.29. The summed E-state index contributed by atoms with van der Waals surface area (Å²) in [4.78, 5) is 0. The molecule has 0 spiro atoms. The molecule has 0 radical (unpaired) electrons. The van der Waals surface area contributed by atoms with E-state index in [2.05, 4.69) is 12.1 Å². The smallest absolute Gasteiger partial charge is 0.216 e. The van der Waals surface area contributed by atoms with Gasteiger partial charge in [0.05, 0.1) is 0 Å². The van der Waals surface area contributed by atoms with Gasteiger partial charge in [-0.2, -0.15) is 4.74 Å². The van der Waals surface area contributed by atoms with Crippen LogP contribution in [0, 0.1) is 5.21 Å². The van der Waals surface area contributed by atoms with E-state index in [1.165, 1.54) is 37.7 Å². The first-order valence-corrected chi connectivity index (χ1v) is 7.79. The maximum atomic E-state index is 12.2. The summed E-state index contributed by atoms with van der Waals surface area (Å²) < 4.78 is 0.944. The third-order valence-electron chi connectivity index (χ3n) is 4.29. The molecule has 1 aliphatic carbocycles. The summed E-state index contributed by atoms with van der Waals surface area (Å²) in [6.07, 6.45) is 8.24. The average molecular weight is 279 g/mol. The Labute approximate surface area is 126 Å². The topological polar surface area (TPSA) is 26.1 Å². The zero-order valence-electron chi connectivity index (χ0n) is 12.2. The van der Waals surface area contributed by atoms with Gasteiger partial charge in [0.25, 0.3) is 0 Å². The van der Waals surface area contributed by atoms with Crippen LogP contribution in [0.25, 0.3) is 0 Å². The predicted octanol–water partition coefficient (Wildman–Crippen LogP) is 5.00. The van der Waals surface area contributed by atoms with Gasteiger partial charge in [0.1, 0.15) is 0 Å². The first kappa shape index (κ1) is 13.9. The predicted molar refractivity (Wildman–Crippen MR) is 87.2 cm³/mol. The number of nitrogens with zero attached hydrogens (tertiary/aromatic N) is 1. The van der Waals surface area contributed by atoms with E-state index in [9.17, 15) is 5.21 Å². The Balaban J connectivity index is 1.75. The third kappa shape index (κ3) is 3.52. The molecule has 0 amide bonds. The molecular weight excluding hydrogens is 258 g/mol. The maximum absolute atomic E-state index is 12.2. The van der Waals surface area contributed by atoms with E-state index in [1.807, 2.05) is 42.5 Å². The number of benzene rings is 2. The molecule has 0 N–H and O–H groups in total. The monoisotopic (exact) mass is 279 g/mol. The zero-order chi connectivity index (χ0) is 14.5. The van der Waals surface area contributed by atoms with E-state index in [0.29, 0.717) is 11.6 Å². The van der Waals surface area contributed by atoms with Crippen LogP contribution in [0.5, 0.6) is 0 Å². The van der Waals surface area contributed by atoms with Gasteiger partial charge >= 0.3 is 0 Å². The van der Waals surface area contributed by atoms with Crippen LogP contribution in [-0.2, 0) is 0 Å². The van der Waals surface area contributed by atoms with Crippen molar-refractivity contribution in [3.8, 4) is 0 Å². The molecule has 1 aliphatic rings. The Bertz CT molecular complexity index is 595. The lowest BCUT2D eigenvalue weighted by Gasteiger charge is -2.21. The molecule has 0 heterocycles. The zero-order valence-corrected chi connectivity index (χ0v) is 12.2. The van der Waals surface area contributed by atoms with Crippen molar-refractivity contribution in [2.45, 2.75) is 38.0 Å². The fourth-order valence-electron chi connectivity index (χ4n) is 3.08. The van der Waals surface area contributed by atoms with Crippen LogP contribution in [0.2, 0.25) is 0 Å². The molecule has 3 rings (SSSR count). The van der Waals surface area contributed by atoms with Gasteiger partial charge in [-0.1, -0.05) is 49.6 Å². The first-order chi connectivity index (χ1) is 10.3. The Morgan fingerprint density at radius 3 is 2.19 bits per heavy atom. The highest BCUT2D eigenvalue weighted by atomic mass is 16.5. The Morgan fingerprint density at radius 1 is 0.857 bits per heavy atom. The van der Waals surface area contributed by atoms with Gasteiger partial charge in [-0.05, 0) is 36.5 Å². The van der Waals surface area contributed by atoms with Crippen molar-refractivity contribution >= 4 is 11.9 Å². The van der Waals surface area contributed by atoms with Crippen molar-refractivity contribution in [3.05, 3.63) is 70.9 Å². The summed E-state index contributed by atoms with van der Waals surface area (Å²) in [5.74, 6) is 0.686. The molecule has 0 bridgehead atoms. The molecule has 2 aromatic rings. The number of hydrogen-bond acceptors (Lipinski definition) is 1. The van der Waals surface area contributed by atoms with Crippen molar-refractivity contribution in [1.29, 1.82) is 0 Å². The minimum absolute atomic E-state index is 0.686. The quantitative estimate of drug-likeness (QED) is 0.336. The Hall–Kier alpha value is -2.09. The van der Waals surface area contributed by atoms with Crippen LogP contribution < -0.4 is 0 Å². The summed E-state index contributed by atoms with van der Waals surface area (Å²) >= 11 is 0. The van der Waals surface area contributed by atoms with E-state index >= 15 is 0 Å². The van der Waals surface area contributed by atoms with E-state index in [1.54, 1.807) is 6.21 Å². The Kier molecular flexibility index (Phi) is 4.34. The van der Waals surface area contributed by atoms with Gasteiger partial charge in [0.15, 0.2) is 6.21 Å². The fourth-order valence-corrected chi connectivity index (χ4v) is 3.08. The van der Waals surface area contributed by atoms with Gasteiger partial charge < -0.3 is 5.21 Å². The van der Waals surface area contributed by atoms with Crippen LogP contribution >= 0.6 is 0 Å². The fraction of sp³-hybridized carbons (Fsp3) is 0.316. The normalized spacial score (nSPS) is 16.9. The van der Waals surface area contributed by atoms with Crippen molar-refractivity contribution in [2.24, 2.45) is 0 Å². The SMILES string of the molecule is [O-][N+](=Cc1ccccc1)c1ccc(C2CCCCC2)cc1. The first-order valence-electron chi connectivity index (χ1n) is 7.79. The molecule has 0 aromatic heterocycles. The van der Waals surface area contributed by atoms with E-state index < -0.39 is 0 Å². The van der Waals surface area contributed by atoms with Gasteiger partial charge in [0, 0.05) is 17.7 Å². The maximum Gasteiger partial charge on any atom is 0.216 e. The molecule has 1 saturated carbocycles. The second kappa shape index (κ2) is 6.57. The van der Waals surface area contributed by atoms with Gasteiger partial charge in [0.2, 0.25) is 5.69 Å². The van der Waals surface area contributed by atoms with Crippen LogP contribution in [0.15, 0.2) is 54.6 Å². The minimum Gasteiger partial charge on any atom is -0.618 e. The molecule has 0 unspecified atom stereocenters. The molecule has 0 saturated heterocycles. The molecule has 2 aromatic carbocycles. The number of hydrogen-bond donors (Lipinski definition) is 0. The molecule has 0 aliphatic heterocycles. The van der Waals surface area contributed by atoms with Crippen molar-refractivity contribution in [1.82, 2.24) is 0 Å². The highest BCUT2D eigenvalue weighted by Gasteiger charge is 2.15. The lowest BCUT2D eigenvalue weighted by Crippen LogP contribution is -2.04. The molecule has 21 heavy (non-hydrogen) atoms. The molecule has 0 atom stereocenters. The molecule has 2 heteroatoms. The van der Waals surface area contributed by atoms with E-state index in [-0.39, 0.29) is 0 Å². The van der Waals surface area contributed by atoms with Crippen LogP contribution in [0.3, 0.4) is 0 Å². The Morgan fingerprint density at radius 2 is 1.52 bits per heavy atom. The number of rotatable bonds is 3. The summed E-state index contributed by atoms with van der Waals surface area (Å²) in [7, 11) is 0. The van der Waals surface area contributed by atoms with Crippen LogP contribution in [0.1, 0.15) is 49.1 Å². The highest BCUT2D eigenvalue weighted by Crippen LogP contribution is 2.33. The second-order valence-corrected chi connectivity index (χ2v) is 5.79. The van der Waals surface area contributed by atoms with E-state index in [4.69, 9.17) is 0 Å². The van der Waals surface area contributed by atoms with Gasteiger partial charge in [-0.25, -0.2) is 0 Å². The second-order valence-electron chi connectivity index (χ2n) is 5.79. The van der Waals surface area contributed by atoms with Crippen molar-refractivity contribution < 1.29 is 4.74 Å². The summed E-state index contributed by atoms with van der Waals surface area (Å²) in [5, 5.41) is 12.2. The van der Waals surface area contributed by atoms with Crippen molar-refractivity contribution in [2.75, 3.05) is 0 Å². The largest absolute Gasteiger partial charge is 0.618 e. The molecule has 1 fully saturated rings. The minimum atomic E-state index is 0.686. The van der Waals surface area contributed by atoms with Crippen molar-refractivity contribution in [3.63, 3.8) is 0 Å². The molecule has 2 nitrogen and oxygen atoms in total. The molecular formula is C19H21NO. The van der Waals surface area contributed by atoms with Crippen LogP contribution in [0.4, 0.5) is 5.69 Å². The lowest BCUT2D eigenvalue weighted by molar-refractivity contribution is -0.354. The van der Waals surface area contributed by atoms with E-state index in [0.717, 1.165) is 10.3 Å². The average Bonchev–Trinajstić information content (AvgIpc) is 2.57. The lowest BCUT2D eigenvalue weighted by atomic mass is 9.84. The van der Waals surface area contributed by atoms with Gasteiger partial charge in [-0.3, -0.25) is 0 Å². The standard InChI is InChI=1S/C19H21NO/c21-20(15-16-7-3-1-4-8-16)19-13-11-18(12-14-19)17-9-5-2-6-10-17/h1,3-4,7-8,11-15,17H,2,5-6,9-10H2. The summed E-state index contributed by atoms with van der Waals surface area (Å²) in [6, 6.07) is 17.8. The van der Waals surface area contributed by atoms with Crippen LogP contribution in [-0.4, -0.2) is 11.0 Å². The molecule has 108 valence electrons.